The molecule has 0 bridgehead atoms. The van der Waals surface area contributed by atoms with Gasteiger partial charge in [0.05, 0.1) is 11.6 Å². The molecule has 0 saturated carbocycles. The maximum atomic E-state index is 13.6. The van der Waals surface area contributed by atoms with Gasteiger partial charge in [0, 0.05) is 29.3 Å². The number of hydrogen-bond acceptors (Lipinski definition) is 8. The monoisotopic (exact) mass is 640 g/mol. The second-order valence-corrected chi connectivity index (χ2v) is 12.5. The minimum atomic E-state index is -0.668. The molecule has 238 valence electrons. The lowest BCUT2D eigenvalue weighted by Gasteiger charge is -2.31. The van der Waals surface area contributed by atoms with E-state index in [0.717, 1.165) is 5.56 Å². The number of nitrogen functional groups attached to an aromatic ring is 1. The van der Waals surface area contributed by atoms with Gasteiger partial charge in [-0.1, -0.05) is 57.2 Å². The Labute approximate surface area is 271 Å². The van der Waals surface area contributed by atoms with Crippen molar-refractivity contribution in [1.29, 1.82) is 5.41 Å². The van der Waals surface area contributed by atoms with Crippen LogP contribution in [-0.2, 0) is 20.9 Å². The van der Waals surface area contributed by atoms with E-state index in [2.05, 4.69) is 10.6 Å². The fraction of sp³-hybridized carbons (Fsp3) is 0.229. The summed E-state index contributed by atoms with van der Waals surface area (Å²) in [7, 11) is 0. The molecular formula is C35H36N4O6S. The largest absolute Gasteiger partial charge is 0.464 e. The van der Waals surface area contributed by atoms with Gasteiger partial charge in [-0.25, -0.2) is 4.79 Å². The zero-order chi connectivity index (χ0) is 33.4. The second kappa shape index (κ2) is 14.7. The lowest BCUT2D eigenvalue weighted by atomic mass is 9.87. The Kier molecular flexibility index (Phi) is 10.7. The molecule has 5 N–H and O–H groups in total. The first-order valence-electron chi connectivity index (χ1n) is 14.5. The van der Waals surface area contributed by atoms with Crippen molar-refractivity contribution in [1.82, 2.24) is 5.32 Å². The van der Waals surface area contributed by atoms with Crippen LogP contribution in [0.15, 0.2) is 84.2 Å². The van der Waals surface area contributed by atoms with Crippen molar-refractivity contribution in [3.8, 4) is 11.1 Å². The molecule has 1 heterocycles. The third-order valence-corrected chi connectivity index (χ3v) is 8.05. The molecule has 0 aliphatic carbocycles. The van der Waals surface area contributed by atoms with E-state index in [1.165, 1.54) is 24.3 Å². The summed E-state index contributed by atoms with van der Waals surface area (Å²) < 4.78 is 10.8. The van der Waals surface area contributed by atoms with Gasteiger partial charge in [0.25, 0.3) is 11.8 Å². The minimum Gasteiger partial charge on any atom is -0.464 e. The molecule has 11 heteroatoms. The Bertz CT molecular complexity index is 1740. The fourth-order valence-corrected chi connectivity index (χ4v) is 5.26. The van der Waals surface area contributed by atoms with E-state index in [1.54, 1.807) is 47.8 Å². The lowest BCUT2D eigenvalue weighted by Crippen LogP contribution is -2.47. The Balaban J connectivity index is 1.67. The molecule has 2 amide bonds. The topological polar surface area (TPSA) is 161 Å². The molecule has 4 aromatic rings. The average molecular weight is 641 g/mol. The van der Waals surface area contributed by atoms with E-state index >= 15 is 0 Å². The SMILES string of the molecule is CC(=O)OC[C@@H](NC(=O)c1ccc(-c2ccsc2C(=O)Nc2ccc(C(=N)N)cc2)c(C(=O)OCc2ccccc2)c1)C(C)(C)C. The van der Waals surface area contributed by atoms with Gasteiger partial charge in [0.2, 0.25) is 0 Å². The zero-order valence-corrected chi connectivity index (χ0v) is 26.8. The predicted molar refractivity (Wildman–Crippen MR) is 178 cm³/mol. The second-order valence-electron chi connectivity index (χ2n) is 11.6. The Hall–Kier alpha value is -5.29. The molecule has 0 fully saturated rings. The number of carbonyl (C=O) groups is 4. The summed E-state index contributed by atoms with van der Waals surface area (Å²) >= 11 is 1.20. The van der Waals surface area contributed by atoms with Crippen LogP contribution >= 0.6 is 11.3 Å². The molecule has 0 aliphatic heterocycles. The van der Waals surface area contributed by atoms with Gasteiger partial charge >= 0.3 is 11.9 Å². The summed E-state index contributed by atoms with van der Waals surface area (Å²) in [5, 5.41) is 15.1. The van der Waals surface area contributed by atoms with Crippen LogP contribution in [0.3, 0.4) is 0 Å². The van der Waals surface area contributed by atoms with Crippen LogP contribution in [0.2, 0.25) is 0 Å². The van der Waals surface area contributed by atoms with Gasteiger partial charge in [0.1, 0.15) is 23.9 Å². The third-order valence-electron chi connectivity index (χ3n) is 7.13. The van der Waals surface area contributed by atoms with Crippen molar-refractivity contribution in [3.05, 3.63) is 111 Å². The van der Waals surface area contributed by atoms with Crippen LogP contribution in [0.25, 0.3) is 11.1 Å². The molecule has 1 atom stereocenters. The number of amides is 2. The highest BCUT2D eigenvalue weighted by atomic mass is 32.1. The van der Waals surface area contributed by atoms with Gasteiger partial charge < -0.3 is 25.8 Å². The van der Waals surface area contributed by atoms with E-state index in [4.69, 9.17) is 20.6 Å². The van der Waals surface area contributed by atoms with Crippen LogP contribution in [-0.4, -0.2) is 42.2 Å². The smallest absolute Gasteiger partial charge is 0.339 e. The fourth-order valence-electron chi connectivity index (χ4n) is 4.46. The van der Waals surface area contributed by atoms with E-state index in [9.17, 15) is 19.2 Å². The molecule has 3 aromatic carbocycles. The van der Waals surface area contributed by atoms with Crippen LogP contribution in [0.1, 0.15) is 69.2 Å². The number of carbonyl (C=O) groups excluding carboxylic acids is 4. The molecule has 0 unspecified atom stereocenters. The number of rotatable bonds is 11. The van der Waals surface area contributed by atoms with E-state index in [0.29, 0.717) is 27.3 Å². The van der Waals surface area contributed by atoms with Gasteiger partial charge in [-0.05, 0) is 64.4 Å². The van der Waals surface area contributed by atoms with Gasteiger partial charge in [-0.3, -0.25) is 19.8 Å². The summed E-state index contributed by atoms with van der Waals surface area (Å²) in [6.07, 6.45) is 0. The summed E-state index contributed by atoms with van der Waals surface area (Å²) in [6.45, 7) is 7.04. The van der Waals surface area contributed by atoms with Crippen molar-refractivity contribution >= 4 is 46.6 Å². The first-order chi connectivity index (χ1) is 21.8. The zero-order valence-electron chi connectivity index (χ0n) is 26.0. The van der Waals surface area contributed by atoms with Crippen molar-refractivity contribution in [2.45, 2.75) is 40.3 Å². The molecule has 0 aliphatic rings. The number of anilines is 1. The normalized spacial score (nSPS) is 11.7. The average Bonchev–Trinajstić information content (AvgIpc) is 3.52. The van der Waals surface area contributed by atoms with Crippen LogP contribution in [0, 0.1) is 10.8 Å². The van der Waals surface area contributed by atoms with Crippen molar-refractivity contribution in [2.75, 3.05) is 11.9 Å². The maximum absolute atomic E-state index is 13.6. The van der Waals surface area contributed by atoms with Crippen LogP contribution in [0.5, 0.6) is 0 Å². The van der Waals surface area contributed by atoms with Crippen molar-refractivity contribution in [3.63, 3.8) is 0 Å². The summed E-state index contributed by atoms with van der Waals surface area (Å²) in [5.41, 5.74) is 8.12. The highest BCUT2D eigenvalue weighted by Gasteiger charge is 2.29. The maximum Gasteiger partial charge on any atom is 0.339 e. The highest BCUT2D eigenvalue weighted by molar-refractivity contribution is 7.12. The number of thiophene rings is 1. The highest BCUT2D eigenvalue weighted by Crippen LogP contribution is 2.33. The van der Waals surface area contributed by atoms with Crippen molar-refractivity contribution in [2.24, 2.45) is 11.1 Å². The number of nitrogens with one attached hydrogen (secondary N) is 3. The first kappa shape index (κ1) is 33.6. The predicted octanol–water partition coefficient (Wildman–Crippen LogP) is 6.02. The standard InChI is InChI=1S/C35H36N4O6S/c1-21(40)44-20-29(35(2,3)4)39-32(41)24-12-15-26(28(18-24)34(43)45-19-22-8-6-5-7-9-22)27-16-17-46-30(27)33(42)38-25-13-10-23(11-14-25)31(36)37/h5-18,29H,19-20H2,1-4H3,(H3,36,37)(H,38,42)(H,39,41)/t29-/m1/s1. The van der Waals surface area contributed by atoms with Gasteiger partial charge in [-0.2, -0.15) is 0 Å². The van der Waals surface area contributed by atoms with Crippen LogP contribution < -0.4 is 16.4 Å². The number of esters is 2. The number of nitrogens with two attached hydrogens (primary N) is 1. The van der Waals surface area contributed by atoms with Crippen molar-refractivity contribution < 1.29 is 28.7 Å². The van der Waals surface area contributed by atoms with E-state index in [-0.39, 0.29) is 30.2 Å². The number of benzene rings is 3. The Morgan fingerprint density at radius 1 is 0.870 bits per heavy atom. The minimum absolute atomic E-state index is 0.0112. The van der Waals surface area contributed by atoms with Crippen LogP contribution in [0.4, 0.5) is 5.69 Å². The molecule has 46 heavy (non-hydrogen) atoms. The van der Waals surface area contributed by atoms with Gasteiger partial charge in [0.15, 0.2) is 0 Å². The number of amidine groups is 1. The lowest BCUT2D eigenvalue weighted by molar-refractivity contribution is -0.142. The van der Waals surface area contributed by atoms with Gasteiger partial charge in [-0.15, -0.1) is 11.3 Å². The quantitative estimate of drug-likeness (QED) is 0.0886. The summed E-state index contributed by atoms with van der Waals surface area (Å²) in [6, 6.07) is 21.6. The molecule has 0 radical (unpaired) electrons. The molecule has 10 nitrogen and oxygen atoms in total. The molecule has 4 rings (SSSR count). The molecular weight excluding hydrogens is 604 g/mol. The van der Waals surface area contributed by atoms with E-state index in [1.807, 2.05) is 51.1 Å². The molecule has 0 saturated heterocycles. The molecule has 0 spiro atoms. The Morgan fingerprint density at radius 3 is 2.17 bits per heavy atom. The number of hydrogen-bond donors (Lipinski definition) is 4. The Morgan fingerprint density at radius 2 is 1.54 bits per heavy atom. The first-order valence-corrected chi connectivity index (χ1v) is 15.3. The van der Waals surface area contributed by atoms with E-state index < -0.39 is 35.2 Å². The third kappa shape index (κ3) is 8.66. The number of ether oxygens (including phenoxy) is 2. The summed E-state index contributed by atoms with van der Waals surface area (Å²) in [4.78, 5) is 52.2. The summed E-state index contributed by atoms with van der Waals surface area (Å²) in [5.74, 6) is -2.07. The molecule has 1 aromatic heterocycles.